The van der Waals surface area contributed by atoms with Crippen molar-refractivity contribution in [2.75, 3.05) is 19.0 Å². The number of benzene rings is 2. The lowest BCUT2D eigenvalue weighted by atomic mass is 9.90. The van der Waals surface area contributed by atoms with Gasteiger partial charge in [0, 0.05) is 31.2 Å². The number of Topliss-reactive ketones (excluding diaryl/α,β-unsaturated/α-hetero) is 1. The Hall–Kier alpha value is -3.54. The number of ketones is 1. The predicted octanol–water partition coefficient (Wildman–Crippen LogP) is 5.41. The molecule has 1 N–H and O–H groups in total. The largest absolute Gasteiger partial charge is 0.503 e. The number of fused-ring (bicyclic) bond motifs is 1. The molecule has 2 aliphatic rings. The standard InChI is InChI=1S/C27H28N2O4/c1-28(2)19-14-12-17(13-15-19)24-23(25(30)22-16-18-8-6-7-11-21(18)33-22)26(31)27(32)29(24)20-9-4-3-5-10-20/h6-8,11-16,20,24,31H,3-5,9-10H2,1-2H3. The van der Waals surface area contributed by atoms with Crippen LogP contribution in [0, 0.1) is 0 Å². The van der Waals surface area contributed by atoms with E-state index >= 15 is 0 Å². The third-order valence-corrected chi connectivity index (χ3v) is 6.83. The molecule has 0 spiro atoms. The highest BCUT2D eigenvalue weighted by Gasteiger charge is 2.47. The summed E-state index contributed by atoms with van der Waals surface area (Å²) in [5, 5.41) is 11.8. The molecule has 1 saturated carbocycles. The quantitative estimate of drug-likeness (QED) is 0.533. The van der Waals surface area contributed by atoms with E-state index in [1.807, 2.05) is 61.5 Å². The van der Waals surface area contributed by atoms with Gasteiger partial charge in [-0.3, -0.25) is 9.59 Å². The molecule has 0 radical (unpaired) electrons. The van der Waals surface area contributed by atoms with Gasteiger partial charge in [-0.15, -0.1) is 0 Å². The number of aliphatic hydroxyl groups excluding tert-OH is 1. The van der Waals surface area contributed by atoms with Crippen LogP contribution in [-0.4, -0.2) is 41.8 Å². The average molecular weight is 445 g/mol. The Morgan fingerprint density at radius 1 is 1.03 bits per heavy atom. The third-order valence-electron chi connectivity index (χ3n) is 6.83. The Morgan fingerprint density at radius 3 is 2.39 bits per heavy atom. The van der Waals surface area contributed by atoms with Gasteiger partial charge < -0.3 is 19.3 Å². The fourth-order valence-corrected chi connectivity index (χ4v) is 5.10. The first-order valence-corrected chi connectivity index (χ1v) is 11.5. The molecule has 1 aromatic heterocycles. The monoisotopic (exact) mass is 444 g/mol. The zero-order chi connectivity index (χ0) is 23.1. The van der Waals surface area contributed by atoms with Gasteiger partial charge in [0.15, 0.2) is 11.5 Å². The van der Waals surface area contributed by atoms with E-state index in [1.54, 1.807) is 17.0 Å². The molecule has 1 atom stereocenters. The fourth-order valence-electron chi connectivity index (χ4n) is 5.10. The number of carbonyl (C=O) groups is 2. The van der Waals surface area contributed by atoms with E-state index in [9.17, 15) is 14.7 Å². The van der Waals surface area contributed by atoms with Crippen molar-refractivity contribution in [3.8, 4) is 0 Å². The second-order valence-electron chi connectivity index (χ2n) is 9.13. The number of furan rings is 1. The molecule has 1 amide bonds. The molecular weight excluding hydrogens is 416 g/mol. The minimum atomic E-state index is -0.641. The van der Waals surface area contributed by atoms with Gasteiger partial charge in [0.05, 0.1) is 11.6 Å². The maximum absolute atomic E-state index is 13.7. The first-order valence-electron chi connectivity index (χ1n) is 11.5. The number of hydrogen-bond donors (Lipinski definition) is 1. The molecular formula is C27H28N2O4. The van der Waals surface area contributed by atoms with Crippen LogP contribution in [0.3, 0.4) is 0 Å². The molecule has 2 aromatic carbocycles. The molecule has 33 heavy (non-hydrogen) atoms. The van der Waals surface area contributed by atoms with Crippen molar-refractivity contribution in [3.63, 3.8) is 0 Å². The highest BCUT2D eigenvalue weighted by Crippen LogP contribution is 2.43. The normalized spacial score (nSPS) is 19.5. The molecule has 170 valence electrons. The molecule has 1 aliphatic carbocycles. The van der Waals surface area contributed by atoms with Crippen molar-refractivity contribution in [1.82, 2.24) is 4.90 Å². The highest BCUT2D eigenvalue weighted by atomic mass is 16.3. The molecule has 0 bridgehead atoms. The molecule has 3 aromatic rings. The van der Waals surface area contributed by atoms with E-state index < -0.39 is 23.5 Å². The lowest BCUT2D eigenvalue weighted by Crippen LogP contribution is -2.41. The summed E-state index contributed by atoms with van der Waals surface area (Å²) < 4.78 is 5.81. The maximum Gasteiger partial charge on any atom is 0.290 e. The van der Waals surface area contributed by atoms with Crippen molar-refractivity contribution in [2.45, 2.75) is 44.2 Å². The van der Waals surface area contributed by atoms with Gasteiger partial charge in [0.2, 0.25) is 5.78 Å². The summed E-state index contributed by atoms with van der Waals surface area (Å²) in [7, 11) is 3.93. The number of nitrogens with zero attached hydrogens (tertiary/aromatic N) is 2. The zero-order valence-corrected chi connectivity index (χ0v) is 19.0. The summed E-state index contributed by atoms with van der Waals surface area (Å²) in [5.41, 5.74) is 2.53. The zero-order valence-electron chi connectivity index (χ0n) is 19.0. The molecule has 0 saturated heterocycles. The van der Waals surface area contributed by atoms with Gasteiger partial charge in [0.25, 0.3) is 5.91 Å². The van der Waals surface area contributed by atoms with Gasteiger partial charge in [-0.25, -0.2) is 0 Å². The van der Waals surface area contributed by atoms with Gasteiger partial charge in [-0.2, -0.15) is 0 Å². The Labute approximate surface area is 193 Å². The van der Waals surface area contributed by atoms with Crippen LogP contribution in [0.4, 0.5) is 5.69 Å². The first kappa shape index (κ1) is 21.3. The summed E-state index contributed by atoms with van der Waals surface area (Å²) in [5.74, 6) is -1.25. The number of carbonyl (C=O) groups excluding carboxylic acids is 2. The lowest BCUT2D eigenvalue weighted by molar-refractivity contribution is -0.132. The van der Waals surface area contributed by atoms with Crippen molar-refractivity contribution in [1.29, 1.82) is 0 Å². The van der Waals surface area contributed by atoms with Crippen LogP contribution in [0.5, 0.6) is 0 Å². The smallest absolute Gasteiger partial charge is 0.290 e. The molecule has 6 heteroatoms. The van der Waals surface area contributed by atoms with Crippen LogP contribution < -0.4 is 4.90 Å². The van der Waals surface area contributed by atoms with E-state index in [1.165, 1.54) is 0 Å². The lowest BCUT2D eigenvalue weighted by Gasteiger charge is -2.36. The molecule has 1 fully saturated rings. The SMILES string of the molecule is CN(C)c1ccc(C2C(C(=O)c3cc4ccccc4o3)=C(O)C(=O)N2C2CCCCC2)cc1. The van der Waals surface area contributed by atoms with E-state index in [-0.39, 0.29) is 17.4 Å². The minimum Gasteiger partial charge on any atom is -0.503 e. The van der Waals surface area contributed by atoms with Crippen LogP contribution in [-0.2, 0) is 4.79 Å². The third kappa shape index (κ3) is 3.69. The molecule has 1 unspecified atom stereocenters. The Kier molecular flexibility index (Phi) is 5.44. The summed E-state index contributed by atoms with van der Waals surface area (Å²) >= 11 is 0. The fraction of sp³-hybridized carbons (Fsp3) is 0.333. The van der Waals surface area contributed by atoms with E-state index in [2.05, 4.69) is 0 Å². The Bertz CT molecular complexity index is 1200. The van der Waals surface area contributed by atoms with Gasteiger partial charge in [-0.05, 0) is 42.7 Å². The average Bonchev–Trinajstić information content (AvgIpc) is 3.38. The second kappa shape index (κ2) is 8.43. The minimum absolute atomic E-state index is 0.00658. The summed E-state index contributed by atoms with van der Waals surface area (Å²) in [6.07, 6.45) is 4.96. The molecule has 1 aliphatic heterocycles. The highest BCUT2D eigenvalue weighted by molar-refractivity contribution is 6.16. The van der Waals surface area contributed by atoms with Crippen LogP contribution in [0.2, 0.25) is 0 Å². The maximum atomic E-state index is 13.7. The van der Waals surface area contributed by atoms with E-state index in [4.69, 9.17) is 4.42 Å². The van der Waals surface area contributed by atoms with Crippen molar-refractivity contribution in [2.24, 2.45) is 0 Å². The van der Waals surface area contributed by atoms with E-state index in [0.29, 0.717) is 5.58 Å². The molecule has 2 heterocycles. The van der Waals surface area contributed by atoms with Crippen molar-refractivity contribution < 1.29 is 19.1 Å². The van der Waals surface area contributed by atoms with Crippen LogP contribution in [0.15, 0.2) is 70.3 Å². The number of hydrogen-bond acceptors (Lipinski definition) is 5. The predicted molar refractivity (Wildman–Crippen MR) is 127 cm³/mol. The number of amides is 1. The number of anilines is 1. The van der Waals surface area contributed by atoms with Crippen molar-refractivity contribution in [3.05, 3.63) is 77.3 Å². The summed E-state index contributed by atoms with van der Waals surface area (Å²) in [6.45, 7) is 0. The van der Waals surface area contributed by atoms with Crippen molar-refractivity contribution >= 4 is 28.3 Å². The van der Waals surface area contributed by atoms with E-state index in [0.717, 1.165) is 48.7 Å². The first-order chi connectivity index (χ1) is 16.0. The number of rotatable bonds is 5. The van der Waals surface area contributed by atoms with Crippen LogP contribution in [0.25, 0.3) is 11.0 Å². The summed E-state index contributed by atoms with van der Waals surface area (Å²) in [6, 6.07) is 16.2. The molecule has 6 nitrogen and oxygen atoms in total. The number of aliphatic hydroxyl groups is 1. The van der Waals surface area contributed by atoms with Gasteiger partial charge in [-0.1, -0.05) is 49.6 Å². The van der Waals surface area contributed by atoms with Gasteiger partial charge in [0.1, 0.15) is 5.58 Å². The molecule has 5 rings (SSSR count). The topological polar surface area (TPSA) is 74.0 Å². The summed E-state index contributed by atoms with van der Waals surface area (Å²) in [4.78, 5) is 30.7. The van der Waals surface area contributed by atoms with Crippen LogP contribution in [0.1, 0.15) is 54.3 Å². The van der Waals surface area contributed by atoms with Crippen LogP contribution >= 0.6 is 0 Å². The second-order valence-corrected chi connectivity index (χ2v) is 9.13. The Balaban J connectivity index is 1.59. The Morgan fingerprint density at radius 2 is 1.73 bits per heavy atom. The number of para-hydroxylation sites is 1. The van der Waals surface area contributed by atoms with Gasteiger partial charge >= 0.3 is 0 Å².